The van der Waals surface area contributed by atoms with E-state index in [4.69, 9.17) is 0 Å². The van der Waals surface area contributed by atoms with Crippen LogP contribution in [0.2, 0.25) is 0 Å². The third-order valence-corrected chi connectivity index (χ3v) is 3.37. The topological polar surface area (TPSA) is 37.8 Å². The van der Waals surface area contributed by atoms with Gasteiger partial charge in [0.15, 0.2) is 0 Å². The number of nitrogens with one attached hydrogen (secondary N) is 1. The van der Waals surface area contributed by atoms with Crippen LogP contribution in [0.5, 0.6) is 0 Å². The fourth-order valence-corrected chi connectivity index (χ4v) is 1.75. The van der Waals surface area contributed by atoms with E-state index < -0.39 is 0 Å². The van der Waals surface area contributed by atoms with Gasteiger partial charge < -0.3 is 5.32 Å². The van der Waals surface area contributed by atoms with E-state index in [0.717, 1.165) is 46.7 Å². The Labute approximate surface area is 105 Å². The second-order valence-electron chi connectivity index (χ2n) is 3.56. The molecule has 0 aliphatic rings. The van der Waals surface area contributed by atoms with Gasteiger partial charge in [0.25, 0.3) is 0 Å². The number of hydrogen-bond acceptors (Lipinski definition) is 3. The number of rotatable bonds is 5. The van der Waals surface area contributed by atoms with Crippen LogP contribution in [0.25, 0.3) is 0 Å². The first-order valence-corrected chi connectivity index (χ1v) is 6.53. The molecule has 84 valence electrons. The SMILES string of the molecule is CCCNc1nc(CCC)nc(C)c1I. The molecule has 15 heavy (non-hydrogen) atoms. The summed E-state index contributed by atoms with van der Waals surface area (Å²) in [5.74, 6) is 1.95. The van der Waals surface area contributed by atoms with Crippen LogP contribution in [0.3, 0.4) is 0 Å². The molecular weight excluding hydrogens is 301 g/mol. The summed E-state index contributed by atoms with van der Waals surface area (Å²) in [6, 6.07) is 0. The molecule has 0 atom stereocenters. The van der Waals surface area contributed by atoms with Crippen molar-refractivity contribution in [1.82, 2.24) is 9.97 Å². The largest absolute Gasteiger partial charge is 0.369 e. The van der Waals surface area contributed by atoms with Crippen molar-refractivity contribution in [2.45, 2.75) is 40.0 Å². The molecule has 4 heteroatoms. The number of hydrogen-bond donors (Lipinski definition) is 1. The molecule has 0 amide bonds. The molecule has 0 unspecified atom stereocenters. The van der Waals surface area contributed by atoms with E-state index in [2.05, 4.69) is 51.7 Å². The molecule has 3 nitrogen and oxygen atoms in total. The third-order valence-electron chi connectivity index (χ3n) is 2.08. The Morgan fingerprint density at radius 2 is 1.93 bits per heavy atom. The second kappa shape index (κ2) is 6.25. The van der Waals surface area contributed by atoms with Gasteiger partial charge in [-0.2, -0.15) is 0 Å². The highest BCUT2D eigenvalue weighted by molar-refractivity contribution is 14.1. The summed E-state index contributed by atoms with van der Waals surface area (Å²) in [5.41, 5.74) is 1.08. The van der Waals surface area contributed by atoms with Crippen LogP contribution in [0.15, 0.2) is 0 Å². The van der Waals surface area contributed by atoms with Crippen molar-refractivity contribution in [2.24, 2.45) is 0 Å². The first-order chi connectivity index (χ1) is 7.19. The summed E-state index contributed by atoms with van der Waals surface area (Å²) in [6.45, 7) is 7.31. The molecular formula is C11H18IN3. The predicted molar refractivity (Wildman–Crippen MR) is 72.3 cm³/mol. The molecule has 0 aromatic carbocycles. The minimum atomic E-state index is 0.953. The van der Waals surface area contributed by atoms with E-state index in [9.17, 15) is 0 Å². The summed E-state index contributed by atoms with van der Waals surface area (Å²) in [6.07, 6.45) is 3.16. The van der Waals surface area contributed by atoms with Crippen LogP contribution < -0.4 is 5.32 Å². The Hall–Kier alpha value is -0.390. The van der Waals surface area contributed by atoms with Crippen molar-refractivity contribution in [1.29, 1.82) is 0 Å². The summed E-state index contributed by atoms with van der Waals surface area (Å²) < 4.78 is 1.14. The second-order valence-corrected chi connectivity index (χ2v) is 4.64. The fraction of sp³-hybridized carbons (Fsp3) is 0.636. The van der Waals surface area contributed by atoms with Gasteiger partial charge in [-0.05, 0) is 42.4 Å². The van der Waals surface area contributed by atoms with E-state index >= 15 is 0 Å². The van der Waals surface area contributed by atoms with Crippen molar-refractivity contribution in [3.63, 3.8) is 0 Å². The van der Waals surface area contributed by atoms with Crippen molar-refractivity contribution in [3.05, 3.63) is 15.1 Å². The van der Waals surface area contributed by atoms with Crippen molar-refractivity contribution >= 4 is 28.4 Å². The number of anilines is 1. The van der Waals surface area contributed by atoms with Gasteiger partial charge in [0.1, 0.15) is 11.6 Å². The van der Waals surface area contributed by atoms with Crippen LogP contribution in [-0.4, -0.2) is 16.5 Å². The van der Waals surface area contributed by atoms with E-state index in [1.807, 2.05) is 6.92 Å². The highest BCUT2D eigenvalue weighted by atomic mass is 127. The quantitative estimate of drug-likeness (QED) is 0.847. The van der Waals surface area contributed by atoms with Crippen LogP contribution in [0.1, 0.15) is 38.2 Å². The highest BCUT2D eigenvalue weighted by Gasteiger charge is 2.07. The van der Waals surface area contributed by atoms with Crippen molar-refractivity contribution < 1.29 is 0 Å². The molecule has 0 aliphatic heterocycles. The fourth-order valence-electron chi connectivity index (χ4n) is 1.31. The van der Waals surface area contributed by atoms with Crippen LogP contribution in [-0.2, 0) is 6.42 Å². The summed E-state index contributed by atoms with van der Waals surface area (Å²) in [5, 5.41) is 3.34. The first kappa shape index (κ1) is 12.7. The Kier molecular flexibility index (Phi) is 5.28. The average Bonchev–Trinajstić information content (AvgIpc) is 2.21. The van der Waals surface area contributed by atoms with Gasteiger partial charge in [-0.25, -0.2) is 9.97 Å². The molecule has 1 N–H and O–H groups in total. The van der Waals surface area contributed by atoms with E-state index in [-0.39, 0.29) is 0 Å². The number of aromatic nitrogens is 2. The molecule has 0 radical (unpaired) electrons. The Morgan fingerprint density at radius 3 is 2.53 bits per heavy atom. The maximum atomic E-state index is 4.53. The maximum absolute atomic E-state index is 4.53. The molecule has 0 aliphatic carbocycles. The molecule has 0 fully saturated rings. The van der Waals surface area contributed by atoms with Gasteiger partial charge in [-0.3, -0.25) is 0 Å². The Balaban J connectivity index is 2.91. The standard InChI is InChI=1S/C11H18IN3/c1-4-6-9-14-8(3)10(12)11(15-9)13-7-5-2/h4-7H2,1-3H3,(H,13,14,15). The van der Waals surface area contributed by atoms with E-state index in [1.54, 1.807) is 0 Å². The summed E-state index contributed by atoms with van der Waals surface area (Å²) in [4.78, 5) is 9.00. The normalized spacial score (nSPS) is 10.4. The van der Waals surface area contributed by atoms with Gasteiger partial charge in [-0.1, -0.05) is 13.8 Å². The zero-order valence-electron chi connectivity index (χ0n) is 9.60. The monoisotopic (exact) mass is 319 g/mol. The minimum absolute atomic E-state index is 0.953. The first-order valence-electron chi connectivity index (χ1n) is 5.45. The lowest BCUT2D eigenvalue weighted by Crippen LogP contribution is -2.09. The summed E-state index contributed by atoms with van der Waals surface area (Å²) >= 11 is 2.30. The minimum Gasteiger partial charge on any atom is -0.369 e. The number of nitrogens with zero attached hydrogens (tertiary/aromatic N) is 2. The third kappa shape index (κ3) is 3.59. The lowest BCUT2D eigenvalue weighted by Gasteiger charge is -2.10. The zero-order valence-corrected chi connectivity index (χ0v) is 11.8. The van der Waals surface area contributed by atoms with Crippen molar-refractivity contribution in [3.8, 4) is 0 Å². The van der Waals surface area contributed by atoms with Crippen LogP contribution in [0, 0.1) is 10.5 Å². The molecule has 1 aromatic heterocycles. The number of aryl methyl sites for hydroxylation is 2. The average molecular weight is 319 g/mol. The molecule has 0 bridgehead atoms. The lowest BCUT2D eigenvalue weighted by molar-refractivity contribution is 0.819. The predicted octanol–water partition coefficient (Wildman–Crippen LogP) is 3.16. The van der Waals surface area contributed by atoms with Gasteiger partial charge in [0.2, 0.25) is 0 Å². The van der Waals surface area contributed by atoms with Gasteiger partial charge >= 0.3 is 0 Å². The lowest BCUT2D eigenvalue weighted by atomic mass is 10.3. The molecule has 1 aromatic rings. The maximum Gasteiger partial charge on any atom is 0.143 e. The van der Waals surface area contributed by atoms with E-state index in [1.165, 1.54) is 0 Å². The molecule has 0 saturated carbocycles. The zero-order chi connectivity index (χ0) is 11.3. The number of halogens is 1. The Bertz CT molecular complexity index is 326. The molecule has 1 heterocycles. The van der Waals surface area contributed by atoms with Gasteiger partial charge in [0.05, 0.1) is 9.26 Å². The smallest absolute Gasteiger partial charge is 0.143 e. The highest BCUT2D eigenvalue weighted by Crippen LogP contribution is 2.18. The van der Waals surface area contributed by atoms with Gasteiger partial charge in [-0.15, -0.1) is 0 Å². The van der Waals surface area contributed by atoms with Crippen molar-refractivity contribution in [2.75, 3.05) is 11.9 Å². The van der Waals surface area contributed by atoms with Crippen LogP contribution in [0.4, 0.5) is 5.82 Å². The molecule has 0 saturated heterocycles. The van der Waals surface area contributed by atoms with Crippen LogP contribution >= 0.6 is 22.6 Å². The molecule has 0 spiro atoms. The summed E-state index contributed by atoms with van der Waals surface area (Å²) in [7, 11) is 0. The van der Waals surface area contributed by atoms with Gasteiger partial charge in [0, 0.05) is 13.0 Å². The van der Waals surface area contributed by atoms with E-state index in [0.29, 0.717) is 0 Å². The molecule has 1 rings (SSSR count). The Morgan fingerprint density at radius 1 is 1.20 bits per heavy atom.